The van der Waals surface area contributed by atoms with Crippen LogP contribution in [-0.2, 0) is 0 Å². The number of aromatic nitrogens is 1. The second-order valence-corrected chi connectivity index (χ2v) is 5.08. The third kappa shape index (κ3) is 2.91. The van der Waals surface area contributed by atoms with Gasteiger partial charge >= 0.3 is 5.97 Å². The van der Waals surface area contributed by atoms with Crippen LogP contribution in [0.3, 0.4) is 0 Å². The van der Waals surface area contributed by atoms with Gasteiger partial charge in [-0.3, -0.25) is 0 Å². The van der Waals surface area contributed by atoms with Crippen LogP contribution >= 0.6 is 0 Å². The first-order valence-electron chi connectivity index (χ1n) is 6.95. The Morgan fingerprint density at radius 2 is 1.77 bits per heavy atom. The van der Waals surface area contributed by atoms with Gasteiger partial charge in [0.05, 0.1) is 0 Å². The minimum atomic E-state index is -0.533. The molecule has 0 bridgehead atoms. The molecule has 0 amide bonds. The quantitative estimate of drug-likeness (QED) is 0.537. The van der Waals surface area contributed by atoms with E-state index >= 15 is 0 Å². The number of carbonyl (C=O) groups excluding carboxylic acids is 1. The molecule has 2 aromatic carbocycles. The van der Waals surface area contributed by atoms with Crippen molar-refractivity contribution < 1.29 is 14.1 Å². The number of aryl methyl sites for hydroxylation is 2. The van der Waals surface area contributed by atoms with Gasteiger partial charge in [0.2, 0.25) is 0 Å². The smallest absolute Gasteiger partial charge is 0.365 e. The maximum atomic E-state index is 12.1. The number of carbonyl (C=O) groups is 1. The number of hydrogen-bond acceptors (Lipinski definition) is 4. The van der Waals surface area contributed by atoms with Crippen molar-refractivity contribution in [2.45, 2.75) is 13.8 Å². The third-order valence-corrected chi connectivity index (χ3v) is 3.47. The molecular formula is C18H15NO3. The van der Waals surface area contributed by atoms with Crippen molar-refractivity contribution >= 4 is 5.97 Å². The summed E-state index contributed by atoms with van der Waals surface area (Å²) in [6.45, 7) is 3.97. The first-order chi connectivity index (χ1) is 10.6. The minimum absolute atomic E-state index is 0.150. The van der Waals surface area contributed by atoms with E-state index in [1.165, 1.54) is 0 Å². The zero-order valence-electron chi connectivity index (χ0n) is 12.4. The highest BCUT2D eigenvalue weighted by Gasteiger charge is 2.16. The first-order valence-corrected chi connectivity index (χ1v) is 6.95. The van der Waals surface area contributed by atoms with Gasteiger partial charge in [-0.05, 0) is 37.1 Å². The fourth-order valence-corrected chi connectivity index (χ4v) is 2.05. The van der Waals surface area contributed by atoms with Gasteiger partial charge in [0.1, 0.15) is 5.75 Å². The zero-order chi connectivity index (χ0) is 15.5. The lowest BCUT2D eigenvalue weighted by Crippen LogP contribution is -2.08. The molecule has 3 aromatic rings. The Kier molecular flexibility index (Phi) is 3.74. The molecule has 0 saturated carbocycles. The summed E-state index contributed by atoms with van der Waals surface area (Å²) < 4.78 is 10.5. The molecule has 0 N–H and O–H groups in total. The fourth-order valence-electron chi connectivity index (χ4n) is 2.05. The van der Waals surface area contributed by atoms with Crippen molar-refractivity contribution in [3.05, 3.63) is 71.4 Å². The molecule has 3 rings (SSSR count). The van der Waals surface area contributed by atoms with Crippen LogP contribution in [-0.4, -0.2) is 11.1 Å². The standard InChI is InChI=1S/C18H15NO3/c1-12-8-9-15(10-13(12)2)21-18(20)16-11-17(22-19-16)14-6-4-3-5-7-14/h3-11H,1-2H3. The normalized spacial score (nSPS) is 10.5. The van der Waals surface area contributed by atoms with Crippen molar-refractivity contribution in [1.82, 2.24) is 5.16 Å². The van der Waals surface area contributed by atoms with E-state index in [2.05, 4.69) is 5.16 Å². The average molecular weight is 293 g/mol. The highest BCUT2D eigenvalue weighted by molar-refractivity contribution is 5.90. The second-order valence-electron chi connectivity index (χ2n) is 5.08. The molecule has 4 heteroatoms. The predicted octanol–water partition coefficient (Wildman–Crippen LogP) is 4.18. The lowest BCUT2D eigenvalue weighted by atomic mass is 10.1. The predicted molar refractivity (Wildman–Crippen MR) is 82.8 cm³/mol. The fraction of sp³-hybridized carbons (Fsp3) is 0.111. The molecule has 0 radical (unpaired) electrons. The summed E-state index contributed by atoms with van der Waals surface area (Å²) in [7, 11) is 0. The van der Waals surface area contributed by atoms with Crippen molar-refractivity contribution in [2.24, 2.45) is 0 Å². The van der Waals surface area contributed by atoms with E-state index in [0.717, 1.165) is 16.7 Å². The molecule has 0 atom stereocenters. The highest BCUT2D eigenvalue weighted by Crippen LogP contribution is 2.21. The number of rotatable bonds is 3. The largest absolute Gasteiger partial charge is 0.422 e. The Morgan fingerprint density at radius 1 is 1.00 bits per heavy atom. The molecule has 0 unspecified atom stereocenters. The number of esters is 1. The number of ether oxygens (including phenoxy) is 1. The van der Waals surface area contributed by atoms with Crippen LogP contribution in [0.1, 0.15) is 21.6 Å². The number of hydrogen-bond donors (Lipinski definition) is 0. The van der Waals surface area contributed by atoms with E-state index in [0.29, 0.717) is 11.5 Å². The lowest BCUT2D eigenvalue weighted by molar-refractivity contribution is 0.0724. The lowest BCUT2D eigenvalue weighted by Gasteiger charge is -2.04. The van der Waals surface area contributed by atoms with Crippen LogP contribution in [0.25, 0.3) is 11.3 Å². The molecule has 4 nitrogen and oxygen atoms in total. The minimum Gasteiger partial charge on any atom is -0.422 e. The van der Waals surface area contributed by atoms with Crippen LogP contribution in [0.4, 0.5) is 0 Å². The maximum Gasteiger partial charge on any atom is 0.365 e. The third-order valence-electron chi connectivity index (χ3n) is 3.47. The number of nitrogens with zero attached hydrogens (tertiary/aromatic N) is 1. The van der Waals surface area contributed by atoms with Crippen LogP contribution < -0.4 is 4.74 Å². The van der Waals surface area contributed by atoms with Gasteiger partial charge < -0.3 is 9.26 Å². The van der Waals surface area contributed by atoms with Gasteiger partial charge in [-0.15, -0.1) is 0 Å². The van der Waals surface area contributed by atoms with Gasteiger partial charge in [-0.25, -0.2) is 4.79 Å². The Morgan fingerprint density at radius 3 is 2.50 bits per heavy atom. The van der Waals surface area contributed by atoms with Gasteiger partial charge in [0.15, 0.2) is 11.5 Å². The molecule has 0 fully saturated rings. The highest BCUT2D eigenvalue weighted by atomic mass is 16.5. The van der Waals surface area contributed by atoms with Gasteiger partial charge in [0.25, 0.3) is 0 Å². The molecule has 0 aliphatic rings. The summed E-state index contributed by atoms with van der Waals surface area (Å²) in [6, 6.07) is 16.6. The maximum absolute atomic E-state index is 12.1. The Hall–Kier alpha value is -2.88. The van der Waals surface area contributed by atoms with Crippen LogP contribution in [0.5, 0.6) is 5.75 Å². The van der Waals surface area contributed by atoms with E-state index in [1.54, 1.807) is 12.1 Å². The topological polar surface area (TPSA) is 52.3 Å². The summed E-state index contributed by atoms with van der Waals surface area (Å²) in [5.74, 6) is 0.499. The Balaban J connectivity index is 1.78. The van der Waals surface area contributed by atoms with E-state index in [9.17, 15) is 4.79 Å². The molecule has 0 aliphatic heterocycles. The van der Waals surface area contributed by atoms with Crippen LogP contribution in [0, 0.1) is 13.8 Å². The summed E-state index contributed by atoms with van der Waals surface area (Å²) in [4.78, 5) is 12.1. The van der Waals surface area contributed by atoms with Crippen LogP contribution in [0.2, 0.25) is 0 Å². The van der Waals surface area contributed by atoms with Crippen molar-refractivity contribution in [3.8, 4) is 17.1 Å². The van der Waals surface area contributed by atoms with Gasteiger partial charge in [-0.1, -0.05) is 41.6 Å². The summed E-state index contributed by atoms with van der Waals surface area (Å²) in [5, 5.41) is 3.78. The molecule has 110 valence electrons. The SMILES string of the molecule is Cc1ccc(OC(=O)c2cc(-c3ccccc3)on2)cc1C. The Labute approximate surface area is 128 Å². The Bertz CT molecular complexity index is 806. The van der Waals surface area contributed by atoms with Crippen molar-refractivity contribution in [1.29, 1.82) is 0 Å². The first kappa shape index (κ1) is 14.1. The van der Waals surface area contributed by atoms with Crippen LogP contribution in [0.15, 0.2) is 59.1 Å². The molecule has 0 spiro atoms. The average Bonchev–Trinajstić information content (AvgIpc) is 3.02. The van der Waals surface area contributed by atoms with Gasteiger partial charge in [-0.2, -0.15) is 0 Å². The van der Waals surface area contributed by atoms with E-state index in [4.69, 9.17) is 9.26 Å². The zero-order valence-corrected chi connectivity index (χ0v) is 12.4. The van der Waals surface area contributed by atoms with E-state index in [-0.39, 0.29) is 5.69 Å². The summed E-state index contributed by atoms with van der Waals surface area (Å²) >= 11 is 0. The monoisotopic (exact) mass is 293 g/mol. The summed E-state index contributed by atoms with van der Waals surface area (Å²) in [6.07, 6.45) is 0. The molecular weight excluding hydrogens is 278 g/mol. The number of benzene rings is 2. The van der Waals surface area contributed by atoms with Gasteiger partial charge in [0, 0.05) is 11.6 Å². The molecule has 22 heavy (non-hydrogen) atoms. The van der Waals surface area contributed by atoms with Crippen molar-refractivity contribution in [2.75, 3.05) is 0 Å². The molecule has 1 heterocycles. The van der Waals surface area contributed by atoms with Crippen molar-refractivity contribution in [3.63, 3.8) is 0 Å². The summed E-state index contributed by atoms with van der Waals surface area (Å²) in [5.41, 5.74) is 3.22. The molecule has 1 aromatic heterocycles. The van der Waals surface area contributed by atoms with E-state index < -0.39 is 5.97 Å². The van der Waals surface area contributed by atoms with E-state index in [1.807, 2.05) is 56.3 Å². The second kappa shape index (κ2) is 5.85. The molecule has 0 saturated heterocycles. The molecule has 0 aliphatic carbocycles.